The third-order valence-electron chi connectivity index (χ3n) is 3.91. The number of nitrogens with zero attached hydrogens (tertiary/aromatic N) is 1. The number of ether oxygens (including phenoxy) is 2. The molecule has 2 aliphatic rings. The number of hydrogen-bond acceptors (Lipinski definition) is 4. The molecule has 1 fully saturated rings. The van der Waals surface area contributed by atoms with E-state index in [9.17, 15) is 9.90 Å². The fourth-order valence-electron chi connectivity index (χ4n) is 3.05. The van der Waals surface area contributed by atoms with Gasteiger partial charge < -0.3 is 19.5 Å². The molecule has 1 unspecified atom stereocenters. The van der Waals surface area contributed by atoms with Gasteiger partial charge in [-0.1, -0.05) is 0 Å². The molecule has 1 saturated heterocycles. The molecule has 0 saturated carbocycles. The van der Waals surface area contributed by atoms with Crippen molar-refractivity contribution in [2.75, 3.05) is 26.3 Å². The summed E-state index contributed by atoms with van der Waals surface area (Å²) in [5, 5.41) is 9.34. The fourth-order valence-corrected chi connectivity index (χ4v) is 3.05. The number of aliphatic hydroxyl groups is 1. The van der Waals surface area contributed by atoms with Crippen LogP contribution in [0.2, 0.25) is 0 Å². The second-order valence-corrected chi connectivity index (χ2v) is 6.29. The number of benzene rings is 1. The largest absolute Gasteiger partial charge is 0.493 e. The van der Waals surface area contributed by atoms with Crippen molar-refractivity contribution in [2.45, 2.75) is 32.0 Å². The summed E-state index contributed by atoms with van der Waals surface area (Å²) in [7, 11) is 0. The summed E-state index contributed by atoms with van der Waals surface area (Å²) in [5.41, 5.74) is 1.32. The Morgan fingerprint density at radius 3 is 3.05 bits per heavy atom. The molecule has 21 heavy (non-hydrogen) atoms. The molecule has 5 heteroatoms. The van der Waals surface area contributed by atoms with E-state index in [1.807, 2.05) is 32.0 Å². The van der Waals surface area contributed by atoms with Crippen molar-refractivity contribution in [1.29, 1.82) is 0 Å². The van der Waals surface area contributed by atoms with Crippen LogP contribution in [0.25, 0.3) is 0 Å². The summed E-state index contributed by atoms with van der Waals surface area (Å²) in [4.78, 5) is 14.5. The molecule has 0 aromatic heterocycles. The first-order valence-corrected chi connectivity index (χ1v) is 7.32. The maximum atomic E-state index is 12.7. The minimum atomic E-state index is -0.443. The second kappa shape index (κ2) is 5.31. The summed E-state index contributed by atoms with van der Waals surface area (Å²) in [6.45, 7) is 5.43. The molecule has 1 N–H and O–H groups in total. The first-order chi connectivity index (χ1) is 9.98. The van der Waals surface area contributed by atoms with Gasteiger partial charge in [0, 0.05) is 25.1 Å². The lowest BCUT2D eigenvalue weighted by Gasteiger charge is -2.42. The third kappa shape index (κ3) is 2.89. The second-order valence-electron chi connectivity index (χ2n) is 6.29. The van der Waals surface area contributed by atoms with Crippen LogP contribution in [-0.2, 0) is 11.2 Å². The van der Waals surface area contributed by atoms with Crippen molar-refractivity contribution in [3.63, 3.8) is 0 Å². The first-order valence-electron chi connectivity index (χ1n) is 7.32. The van der Waals surface area contributed by atoms with Gasteiger partial charge >= 0.3 is 0 Å². The highest BCUT2D eigenvalue weighted by molar-refractivity contribution is 5.94. The zero-order valence-corrected chi connectivity index (χ0v) is 12.5. The van der Waals surface area contributed by atoms with Gasteiger partial charge in [-0.15, -0.1) is 0 Å². The highest BCUT2D eigenvalue weighted by Crippen LogP contribution is 2.28. The van der Waals surface area contributed by atoms with E-state index in [4.69, 9.17) is 9.47 Å². The molecule has 5 nitrogen and oxygen atoms in total. The normalized spacial score (nSPS) is 23.6. The van der Waals surface area contributed by atoms with E-state index in [1.165, 1.54) is 0 Å². The van der Waals surface area contributed by atoms with E-state index in [0.717, 1.165) is 17.7 Å². The Hall–Kier alpha value is -1.59. The van der Waals surface area contributed by atoms with E-state index in [0.29, 0.717) is 25.3 Å². The Morgan fingerprint density at radius 2 is 2.29 bits per heavy atom. The fraction of sp³-hybridized carbons (Fsp3) is 0.562. The Labute approximate surface area is 124 Å². The smallest absolute Gasteiger partial charge is 0.254 e. The van der Waals surface area contributed by atoms with E-state index >= 15 is 0 Å². The lowest BCUT2D eigenvalue weighted by molar-refractivity contribution is -0.139. The number of aliphatic hydroxyl groups excluding tert-OH is 1. The van der Waals surface area contributed by atoms with Gasteiger partial charge in [0.25, 0.3) is 5.91 Å². The molecule has 1 amide bonds. The van der Waals surface area contributed by atoms with Crippen molar-refractivity contribution < 1.29 is 19.4 Å². The highest BCUT2D eigenvalue weighted by atomic mass is 16.5. The average molecular weight is 291 g/mol. The molecule has 0 aliphatic carbocycles. The number of carbonyl (C=O) groups excluding carboxylic acids is 1. The average Bonchev–Trinajstić information content (AvgIpc) is 2.92. The molecular formula is C16H21NO4. The molecule has 2 aliphatic heterocycles. The molecule has 1 aromatic rings. The molecular weight excluding hydrogens is 270 g/mol. The van der Waals surface area contributed by atoms with Crippen LogP contribution in [0.5, 0.6) is 5.75 Å². The molecule has 2 heterocycles. The number of amides is 1. The quantitative estimate of drug-likeness (QED) is 0.890. The van der Waals surface area contributed by atoms with E-state index < -0.39 is 5.60 Å². The maximum absolute atomic E-state index is 12.7. The first kappa shape index (κ1) is 14.4. The van der Waals surface area contributed by atoms with Gasteiger partial charge in [0.2, 0.25) is 0 Å². The van der Waals surface area contributed by atoms with Gasteiger partial charge in [0.1, 0.15) is 5.75 Å². The molecule has 3 rings (SSSR count). The molecule has 0 bridgehead atoms. The lowest BCUT2D eigenvalue weighted by atomic mass is 10.0. The zero-order chi connectivity index (χ0) is 15.0. The molecule has 0 spiro atoms. The van der Waals surface area contributed by atoms with Crippen molar-refractivity contribution in [1.82, 2.24) is 4.90 Å². The van der Waals surface area contributed by atoms with Gasteiger partial charge in [-0.05, 0) is 37.6 Å². The Morgan fingerprint density at radius 1 is 1.48 bits per heavy atom. The Bertz CT molecular complexity index is 555. The Kier molecular flexibility index (Phi) is 3.63. The van der Waals surface area contributed by atoms with Crippen LogP contribution in [0.3, 0.4) is 0 Å². The van der Waals surface area contributed by atoms with Gasteiger partial charge in [0.05, 0.1) is 24.9 Å². The van der Waals surface area contributed by atoms with Crippen LogP contribution in [-0.4, -0.2) is 53.9 Å². The summed E-state index contributed by atoms with van der Waals surface area (Å²) in [5.74, 6) is 0.863. The summed E-state index contributed by atoms with van der Waals surface area (Å²) in [6.07, 6.45) is 0.528. The summed E-state index contributed by atoms with van der Waals surface area (Å²) < 4.78 is 11.2. The number of rotatable bonds is 2. The van der Waals surface area contributed by atoms with Crippen LogP contribution in [0.4, 0.5) is 0 Å². The van der Waals surface area contributed by atoms with Gasteiger partial charge in [-0.2, -0.15) is 0 Å². The lowest BCUT2D eigenvalue weighted by Crippen LogP contribution is -2.55. The molecule has 1 atom stereocenters. The molecule has 1 aromatic carbocycles. The van der Waals surface area contributed by atoms with Gasteiger partial charge in [-0.25, -0.2) is 0 Å². The highest BCUT2D eigenvalue weighted by Gasteiger charge is 2.35. The topological polar surface area (TPSA) is 59.0 Å². The predicted molar refractivity (Wildman–Crippen MR) is 77.6 cm³/mol. The number of carbonyl (C=O) groups is 1. The minimum absolute atomic E-state index is 0.0143. The van der Waals surface area contributed by atoms with Gasteiger partial charge in [0.15, 0.2) is 0 Å². The van der Waals surface area contributed by atoms with Crippen LogP contribution < -0.4 is 4.74 Å². The molecule has 0 radical (unpaired) electrons. The van der Waals surface area contributed by atoms with E-state index in [-0.39, 0.29) is 18.6 Å². The number of morpholine rings is 1. The SMILES string of the molecule is CC1(C)CN(C(=O)c2ccc3c(c2)CCO3)CC(CO)O1. The zero-order valence-electron chi connectivity index (χ0n) is 12.5. The summed E-state index contributed by atoms with van der Waals surface area (Å²) in [6, 6.07) is 5.59. The van der Waals surface area contributed by atoms with Crippen LogP contribution in [0.1, 0.15) is 29.8 Å². The third-order valence-corrected chi connectivity index (χ3v) is 3.91. The van der Waals surface area contributed by atoms with Crippen LogP contribution in [0.15, 0.2) is 18.2 Å². The number of hydrogen-bond donors (Lipinski definition) is 1. The van der Waals surface area contributed by atoms with Crippen LogP contribution >= 0.6 is 0 Å². The maximum Gasteiger partial charge on any atom is 0.254 e. The molecule has 114 valence electrons. The number of fused-ring (bicyclic) bond motifs is 1. The monoisotopic (exact) mass is 291 g/mol. The Balaban J connectivity index is 1.81. The standard InChI is InChI=1S/C16H21NO4/c1-16(2)10-17(8-13(9-18)21-16)15(19)12-3-4-14-11(7-12)5-6-20-14/h3-4,7,13,18H,5-6,8-10H2,1-2H3. The summed E-state index contributed by atoms with van der Waals surface area (Å²) >= 11 is 0. The van der Waals surface area contributed by atoms with E-state index in [1.54, 1.807) is 4.90 Å². The van der Waals surface area contributed by atoms with Crippen molar-refractivity contribution in [2.24, 2.45) is 0 Å². The predicted octanol–water partition coefficient (Wildman–Crippen LogP) is 1.23. The minimum Gasteiger partial charge on any atom is -0.493 e. The van der Waals surface area contributed by atoms with Crippen molar-refractivity contribution in [3.8, 4) is 5.75 Å². The van der Waals surface area contributed by atoms with Crippen LogP contribution in [0, 0.1) is 0 Å². The van der Waals surface area contributed by atoms with Crippen molar-refractivity contribution >= 4 is 5.91 Å². The van der Waals surface area contributed by atoms with E-state index in [2.05, 4.69) is 0 Å². The van der Waals surface area contributed by atoms with Gasteiger partial charge in [-0.3, -0.25) is 4.79 Å². The van der Waals surface area contributed by atoms with Crippen molar-refractivity contribution in [3.05, 3.63) is 29.3 Å².